The van der Waals surface area contributed by atoms with Crippen LogP contribution in [0.4, 0.5) is 0 Å². The summed E-state index contributed by atoms with van der Waals surface area (Å²) >= 11 is 3.22. The molecule has 1 aromatic heterocycles. The van der Waals surface area contributed by atoms with Crippen LogP contribution in [0, 0.1) is 0 Å². The maximum atomic E-state index is 12.2. The van der Waals surface area contributed by atoms with Gasteiger partial charge in [-0.15, -0.1) is 0 Å². The fourth-order valence-corrected chi connectivity index (χ4v) is 2.08. The first-order valence-corrected chi connectivity index (χ1v) is 6.10. The van der Waals surface area contributed by atoms with Crippen molar-refractivity contribution in [1.82, 2.24) is 15.2 Å². The molecule has 17 heavy (non-hydrogen) atoms. The van der Waals surface area contributed by atoms with E-state index in [9.17, 15) is 9.59 Å². The van der Waals surface area contributed by atoms with Gasteiger partial charge in [0.05, 0.1) is 0 Å². The smallest absolute Gasteiger partial charge is 0.273 e. The summed E-state index contributed by atoms with van der Waals surface area (Å²) in [6, 6.07) is 4.70. The van der Waals surface area contributed by atoms with E-state index >= 15 is 0 Å². The highest BCUT2D eigenvalue weighted by Gasteiger charge is 2.30. The molecule has 1 aliphatic rings. The number of nitrogens with zero attached hydrogens (tertiary/aromatic N) is 2. The number of carbonyl (C=O) groups excluding carboxylic acids is 2. The molecule has 6 heteroatoms. The highest BCUT2D eigenvalue weighted by atomic mass is 79.9. The lowest BCUT2D eigenvalue weighted by Gasteiger charge is -2.32. The van der Waals surface area contributed by atoms with Crippen molar-refractivity contribution >= 4 is 27.7 Å². The number of hydrogen-bond acceptors (Lipinski definition) is 3. The Balaban J connectivity index is 2.22. The second-order valence-corrected chi connectivity index (χ2v) is 4.62. The van der Waals surface area contributed by atoms with Crippen molar-refractivity contribution in [3.8, 4) is 0 Å². The van der Waals surface area contributed by atoms with E-state index in [0.29, 0.717) is 23.4 Å². The van der Waals surface area contributed by atoms with Crippen molar-refractivity contribution in [2.45, 2.75) is 13.0 Å². The quantitative estimate of drug-likeness (QED) is 0.780. The Bertz CT molecular complexity index is 464. The molecule has 1 atom stereocenters. The van der Waals surface area contributed by atoms with Crippen molar-refractivity contribution in [3.63, 3.8) is 0 Å². The van der Waals surface area contributed by atoms with E-state index in [-0.39, 0.29) is 11.8 Å². The zero-order chi connectivity index (χ0) is 12.4. The number of piperazine rings is 1. The second-order valence-electron chi connectivity index (χ2n) is 3.81. The summed E-state index contributed by atoms with van der Waals surface area (Å²) in [4.78, 5) is 29.3. The van der Waals surface area contributed by atoms with E-state index in [2.05, 4.69) is 26.2 Å². The Hall–Kier alpha value is -1.43. The molecule has 1 aliphatic heterocycles. The van der Waals surface area contributed by atoms with Crippen molar-refractivity contribution < 1.29 is 9.59 Å². The molecular formula is C11H12BrN3O2. The molecule has 2 amide bonds. The predicted octanol–water partition coefficient (Wildman–Crippen LogP) is 0.805. The first kappa shape index (κ1) is 12.0. The summed E-state index contributed by atoms with van der Waals surface area (Å²) in [5.41, 5.74) is 0.348. The SMILES string of the molecule is CC1C(=O)NCCN1C(=O)c1cccc(Br)n1. The van der Waals surface area contributed by atoms with Gasteiger partial charge < -0.3 is 10.2 Å². The molecule has 0 bridgehead atoms. The first-order valence-electron chi connectivity index (χ1n) is 5.31. The number of halogens is 1. The number of rotatable bonds is 1. The van der Waals surface area contributed by atoms with Gasteiger partial charge in [0.15, 0.2) is 0 Å². The van der Waals surface area contributed by atoms with Crippen molar-refractivity contribution in [3.05, 3.63) is 28.5 Å². The lowest BCUT2D eigenvalue weighted by atomic mass is 10.2. The van der Waals surface area contributed by atoms with Gasteiger partial charge >= 0.3 is 0 Å². The molecule has 1 N–H and O–H groups in total. The molecule has 0 spiro atoms. The van der Waals surface area contributed by atoms with E-state index in [0.717, 1.165) is 0 Å². The van der Waals surface area contributed by atoms with Crippen LogP contribution in [0.1, 0.15) is 17.4 Å². The summed E-state index contributed by atoms with van der Waals surface area (Å²) in [5.74, 6) is -0.340. The standard InChI is InChI=1S/C11H12BrN3O2/c1-7-10(16)13-5-6-15(7)11(17)8-3-2-4-9(12)14-8/h2-4,7H,5-6H2,1H3,(H,13,16). The number of amides is 2. The highest BCUT2D eigenvalue weighted by Crippen LogP contribution is 2.12. The Labute approximate surface area is 107 Å². The van der Waals surface area contributed by atoms with E-state index in [1.54, 1.807) is 25.1 Å². The van der Waals surface area contributed by atoms with Crippen molar-refractivity contribution in [2.75, 3.05) is 13.1 Å². The molecule has 1 saturated heterocycles. The average molecular weight is 298 g/mol. The zero-order valence-corrected chi connectivity index (χ0v) is 10.9. The molecule has 2 heterocycles. The van der Waals surface area contributed by atoms with Gasteiger partial charge in [0, 0.05) is 13.1 Å². The highest BCUT2D eigenvalue weighted by molar-refractivity contribution is 9.10. The molecule has 5 nitrogen and oxygen atoms in total. The van der Waals surface area contributed by atoms with Crippen LogP contribution >= 0.6 is 15.9 Å². The topological polar surface area (TPSA) is 62.3 Å². The Kier molecular flexibility index (Phi) is 3.42. The molecule has 0 aromatic carbocycles. The second kappa shape index (κ2) is 4.83. The fourth-order valence-electron chi connectivity index (χ4n) is 1.73. The molecule has 0 saturated carbocycles. The van der Waals surface area contributed by atoms with Crippen LogP contribution in [0.15, 0.2) is 22.8 Å². The number of aromatic nitrogens is 1. The van der Waals surface area contributed by atoms with Crippen LogP contribution in [-0.2, 0) is 4.79 Å². The largest absolute Gasteiger partial charge is 0.353 e. The number of hydrogen-bond donors (Lipinski definition) is 1. The van der Waals surface area contributed by atoms with Gasteiger partial charge in [-0.25, -0.2) is 4.98 Å². The van der Waals surface area contributed by atoms with E-state index in [1.165, 1.54) is 4.90 Å². The van der Waals surface area contributed by atoms with Crippen LogP contribution < -0.4 is 5.32 Å². The summed E-state index contributed by atoms with van der Waals surface area (Å²) in [6.45, 7) is 2.72. The summed E-state index contributed by atoms with van der Waals surface area (Å²) < 4.78 is 0.609. The lowest BCUT2D eigenvalue weighted by molar-refractivity contribution is -0.127. The molecule has 1 unspecified atom stereocenters. The number of carbonyl (C=O) groups is 2. The van der Waals surface area contributed by atoms with Gasteiger partial charge in [0.1, 0.15) is 16.3 Å². The zero-order valence-electron chi connectivity index (χ0n) is 9.31. The maximum Gasteiger partial charge on any atom is 0.273 e. The third-order valence-corrected chi connectivity index (χ3v) is 3.14. The van der Waals surface area contributed by atoms with Gasteiger partial charge in [0.2, 0.25) is 5.91 Å². The average Bonchev–Trinajstić information content (AvgIpc) is 2.32. The van der Waals surface area contributed by atoms with E-state index in [4.69, 9.17) is 0 Å². The first-order chi connectivity index (χ1) is 8.09. The number of pyridine rings is 1. The predicted molar refractivity (Wildman–Crippen MR) is 65.4 cm³/mol. The van der Waals surface area contributed by atoms with Crippen LogP contribution in [0.5, 0.6) is 0 Å². The van der Waals surface area contributed by atoms with Gasteiger partial charge in [-0.1, -0.05) is 6.07 Å². The minimum atomic E-state index is -0.447. The Morgan fingerprint density at radius 3 is 3.06 bits per heavy atom. The van der Waals surface area contributed by atoms with Gasteiger partial charge in [0.25, 0.3) is 5.91 Å². The molecule has 90 valence electrons. The summed E-state index contributed by atoms with van der Waals surface area (Å²) in [7, 11) is 0. The molecule has 1 aromatic rings. The number of nitrogens with one attached hydrogen (secondary N) is 1. The Morgan fingerprint density at radius 2 is 2.35 bits per heavy atom. The van der Waals surface area contributed by atoms with Crippen LogP contribution in [0.2, 0.25) is 0 Å². The van der Waals surface area contributed by atoms with Gasteiger partial charge in [-0.3, -0.25) is 9.59 Å². The van der Waals surface area contributed by atoms with E-state index < -0.39 is 6.04 Å². The third kappa shape index (κ3) is 2.46. The van der Waals surface area contributed by atoms with E-state index in [1.807, 2.05) is 0 Å². The van der Waals surface area contributed by atoms with Crippen LogP contribution in [-0.4, -0.2) is 40.8 Å². The Morgan fingerprint density at radius 1 is 1.59 bits per heavy atom. The van der Waals surface area contributed by atoms with Gasteiger partial charge in [-0.2, -0.15) is 0 Å². The minimum absolute atomic E-state index is 0.125. The lowest BCUT2D eigenvalue weighted by Crippen LogP contribution is -2.55. The summed E-state index contributed by atoms with van der Waals surface area (Å²) in [6.07, 6.45) is 0. The molecule has 2 rings (SSSR count). The molecular weight excluding hydrogens is 286 g/mol. The fraction of sp³-hybridized carbons (Fsp3) is 0.364. The van der Waals surface area contributed by atoms with Crippen LogP contribution in [0.25, 0.3) is 0 Å². The molecule has 0 radical (unpaired) electrons. The molecule has 1 fully saturated rings. The normalized spacial score (nSPS) is 20.0. The monoisotopic (exact) mass is 297 g/mol. The van der Waals surface area contributed by atoms with Gasteiger partial charge in [-0.05, 0) is 35.0 Å². The minimum Gasteiger partial charge on any atom is -0.353 e. The summed E-state index contributed by atoms with van der Waals surface area (Å²) in [5, 5.41) is 2.72. The third-order valence-electron chi connectivity index (χ3n) is 2.69. The van der Waals surface area contributed by atoms with Crippen molar-refractivity contribution in [2.24, 2.45) is 0 Å². The van der Waals surface area contributed by atoms with Crippen molar-refractivity contribution in [1.29, 1.82) is 0 Å². The molecule has 0 aliphatic carbocycles. The maximum absolute atomic E-state index is 12.2. The van der Waals surface area contributed by atoms with Crippen LogP contribution in [0.3, 0.4) is 0 Å².